The molecule has 36 heavy (non-hydrogen) atoms. The van der Waals surface area contributed by atoms with Gasteiger partial charge in [0, 0.05) is 11.0 Å². The molecule has 1 aliphatic heterocycles. The van der Waals surface area contributed by atoms with Crippen molar-refractivity contribution in [2.75, 3.05) is 21.3 Å². The highest BCUT2D eigenvalue weighted by atomic mass is 79.9. The van der Waals surface area contributed by atoms with Gasteiger partial charge < -0.3 is 23.5 Å². The van der Waals surface area contributed by atoms with E-state index < -0.39 is 11.9 Å². The van der Waals surface area contributed by atoms with Gasteiger partial charge in [-0.3, -0.25) is 9.59 Å². The topological polar surface area (TPSA) is 78.2 Å². The molecule has 0 saturated carbocycles. The van der Waals surface area contributed by atoms with Gasteiger partial charge in [0.2, 0.25) is 11.5 Å². The third-order valence-electron chi connectivity index (χ3n) is 6.20. The van der Waals surface area contributed by atoms with Crippen molar-refractivity contribution in [2.24, 2.45) is 0 Å². The first kappa shape index (κ1) is 23.9. The second-order valence-corrected chi connectivity index (χ2v) is 9.15. The first-order valence-electron chi connectivity index (χ1n) is 11.0. The molecule has 5 rings (SSSR count). The Labute approximate surface area is 214 Å². The number of fused-ring (bicyclic) bond motifs is 2. The van der Waals surface area contributed by atoms with E-state index in [4.69, 9.17) is 18.6 Å². The molecule has 9 heteroatoms. The van der Waals surface area contributed by atoms with Crippen molar-refractivity contribution in [1.82, 2.24) is 4.90 Å². The standard InChI is InChI=1S/C27H21BrFNO6/c1-33-20-10-15(11-21(34-2)25(20)35-3)23-22-24(31)18-12-16(28)6-9-19(18)36-26(22)27(32)30(23)13-14-4-7-17(29)8-5-14/h4-12,23H,13H2,1-3H3/t23-/m0/s1. The van der Waals surface area contributed by atoms with E-state index in [-0.39, 0.29) is 29.1 Å². The summed E-state index contributed by atoms with van der Waals surface area (Å²) in [5, 5.41) is 0.344. The molecule has 3 aromatic carbocycles. The molecule has 0 fully saturated rings. The van der Waals surface area contributed by atoms with Gasteiger partial charge in [-0.2, -0.15) is 0 Å². The van der Waals surface area contributed by atoms with Crippen molar-refractivity contribution in [3.63, 3.8) is 0 Å². The fourth-order valence-electron chi connectivity index (χ4n) is 4.55. The Bertz CT molecular complexity index is 1520. The van der Waals surface area contributed by atoms with Gasteiger partial charge in [0.15, 0.2) is 16.9 Å². The van der Waals surface area contributed by atoms with Gasteiger partial charge in [-0.05, 0) is 53.6 Å². The maximum absolute atomic E-state index is 13.8. The molecule has 1 amide bonds. The summed E-state index contributed by atoms with van der Waals surface area (Å²) in [5.41, 5.74) is 1.46. The summed E-state index contributed by atoms with van der Waals surface area (Å²) < 4.78 is 36.7. The van der Waals surface area contributed by atoms with Crippen LogP contribution >= 0.6 is 15.9 Å². The van der Waals surface area contributed by atoms with Gasteiger partial charge in [0.25, 0.3) is 5.91 Å². The van der Waals surface area contributed by atoms with Crippen molar-refractivity contribution in [1.29, 1.82) is 0 Å². The Morgan fingerprint density at radius 2 is 1.61 bits per heavy atom. The van der Waals surface area contributed by atoms with Gasteiger partial charge in [0.05, 0.1) is 38.3 Å². The van der Waals surface area contributed by atoms with Crippen LogP contribution in [0.5, 0.6) is 17.2 Å². The Morgan fingerprint density at radius 3 is 2.22 bits per heavy atom. The number of nitrogens with zero attached hydrogens (tertiary/aromatic N) is 1. The number of benzene rings is 3. The number of hydrogen-bond donors (Lipinski definition) is 0. The minimum absolute atomic E-state index is 0.0318. The minimum Gasteiger partial charge on any atom is -0.493 e. The van der Waals surface area contributed by atoms with Crippen LogP contribution < -0.4 is 19.6 Å². The van der Waals surface area contributed by atoms with E-state index in [0.717, 1.165) is 0 Å². The first-order chi connectivity index (χ1) is 17.4. The number of rotatable bonds is 6. The third kappa shape index (κ3) is 3.89. The van der Waals surface area contributed by atoms with Crippen LogP contribution in [0.3, 0.4) is 0 Å². The molecular formula is C27H21BrFNO6. The zero-order valence-corrected chi connectivity index (χ0v) is 21.2. The fourth-order valence-corrected chi connectivity index (χ4v) is 4.91. The van der Waals surface area contributed by atoms with Crippen molar-refractivity contribution in [3.8, 4) is 17.2 Å². The average molecular weight is 554 g/mol. The van der Waals surface area contributed by atoms with Crippen molar-refractivity contribution in [2.45, 2.75) is 12.6 Å². The molecule has 1 aromatic heterocycles. The second-order valence-electron chi connectivity index (χ2n) is 8.24. The van der Waals surface area contributed by atoms with Crippen LogP contribution in [0.15, 0.2) is 68.3 Å². The second kappa shape index (κ2) is 9.31. The van der Waals surface area contributed by atoms with E-state index in [0.29, 0.717) is 43.8 Å². The van der Waals surface area contributed by atoms with Crippen LogP contribution in [0.2, 0.25) is 0 Å². The van der Waals surface area contributed by atoms with E-state index >= 15 is 0 Å². The van der Waals surface area contributed by atoms with Gasteiger partial charge in [-0.15, -0.1) is 0 Å². The lowest BCUT2D eigenvalue weighted by Crippen LogP contribution is -2.29. The molecular weight excluding hydrogens is 533 g/mol. The minimum atomic E-state index is -0.814. The molecule has 0 radical (unpaired) electrons. The number of amides is 1. The van der Waals surface area contributed by atoms with Crippen LogP contribution in [0, 0.1) is 5.82 Å². The SMILES string of the molecule is COc1cc([C@H]2c3c(oc4ccc(Br)cc4c3=O)C(=O)N2Cc2ccc(F)cc2)cc(OC)c1OC. The monoisotopic (exact) mass is 553 g/mol. The molecule has 2 heterocycles. The molecule has 184 valence electrons. The normalized spacial score (nSPS) is 14.8. The molecule has 0 bridgehead atoms. The highest BCUT2D eigenvalue weighted by Gasteiger charge is 2.43. The fraction of sp³-hybridized carbons (Fsp3) is 0.185. The van der Waals surface area contributed by atoms with Crippen molar-refractivity contribution >= 4 is 32.8 Å². The molecule has 1 aliphatic rings. The number of halogens is 2. The summed E-state index contributed by atoms with van der Waals surface area (Å²) >= 11 is 3.40. The molecule has 0 saturated heterocycles. The maximum Gasteiger partial charge on any atom is 0.291 e. The Kier molecular flexibility index (Phi) is 6.17. The summed E-state index contributed by atoms with van der Waals surface area (Å²) in [6.45, 7) is 0.115. The third-order valence-corrected chi connectivity index (χ3v) is 6.69. The number of carbonyl (C=O) groups excluding carboxylic acids is 1. The van der Waals surface area contributed by atoms with E-state index in [2.05, 4.69) is 15.9 Å². The largest absolute Gasteiger partial charge is 0.493 e. The highest BCUT2D eigenvalue weighted by Crippen LogP contribution is 2.45. The van der Waals surface area contributed by atoms with Gasteiger partial charge >= 0.3 is 0 Å². The Morgan fingerprint density at radius 1 is 0.944 bits per heavy atom. The van der Waals surface area contributed by atoms with Crippen molar-refractivity contribution in [3.05, 3.63) is 97.6 Å². The first-order valence-corrected chi connectivity index (χ1v) is 11.8. The Hall–Kier alpha value is -3.85. The lowest BCUT2D eigenvalue weighted by molar-refractivity contribution is 0.0714. The predicted molar refractivity (Wildman–Crippen MR) is 134 cm³/mol. The van der Waals surface area contributed by atoms with Crippen LogP contribution in [-0.4, -0.2) is 32.1 Å². The van der Waals surface area contributed by atoms with E-state index in [1.54, 1.807) is 42.5 Å². The van der Waals surface area contributed by atoms with Crippen LogP contribution in [0.1, 0.15) is 33.3 Å². The van der Waals surface area contributed by atoms with E-state index in [9.17, 15) is 14.0 Å². The molecule has 1 atom stereocenters. The van der Waals surface area contributed by atoms with Crippen molar-refractivity contribution < 1.29 is 27.8 Å². The molecule has 7 nitrogen and oxygen atoms in total. The quantitative estimate of drug-likeness (QED) is 0.315. The van der Waals surface area contributed by atoms with Gasteiger partial charge in [0.1, 0.15) is 11.4 Å². The van der Waals surface area contributed by atoms with Crippen LogP contribution in [-0.2, 0) is 6.54 Å². The number of ether oxygens (including phenoxy) is 3. The predicted octanol–water partition coefficient (Wildman–Crippen LogP) is 5.47. The zero-order valence-electron chi connectivity index (χ0n) is 19.6. The summed E-state index contributed by atoms with van der Waals surface area (Å²) in [4.78, 5) is 29.0. The molecule has 4 aromatic rings. The molecule has 0 aliphatic carbocycles. The van der Waals surface area contributed by atoms with Crippen LogP contribution in [0.4, 0.5) is 4.39 Å². The number of hydrogen-bond acceptors (Lipinski definition) is 6. The maximum atomic E-state index is 13.8. The van der Waals surface area contributed by atoms with Crippen LogP contribution in [0.25, 0.3) is 11.0 Å². The highest BCUT2D eigenvalue weighted by molar-refractivity contribution is 9.10. The molecule has 0 spiro atoms. The molecule has 0 unspecified atom stereocenters. The Balaban J connectivity index is 1.76. The number of carbonyl (C=O) groups is 1. The van der Waals surface area contributed by atoms with E-state index in [1.165, 1.54) is 38.4 Å². The molecule has 0 N–H and O–H groups in total. The summed E-state index contributed by atoms with van der Waals surface area (Å²) in [6.07, 6.45) is 0. The van der Waals surface area contributed by atoms with Gasteiger partial charge in [-0.25, -0.2) is 4.39 Å². The lowest BCUT2D eigenvalue weighted by Gasteiger charge is -2.26. The van der Waals surface area contributed by atoms with Gasteiger partial charge in [-0.1, -0.05) is 28.1 Å². The van der Waals surface area contributed by atoms with E-state index in [1.807, 2.05) is 0 Å². The summed E-state index contributed by atoms with van der Waals surface area (Å²) in [5.74, 6) is 0.271. The average Bonchev–Trinajstić information content (AvgIpc) is 3.16. The zero-order chi connectivity index (χ0) is 25.6. The smallest absolute Gasteiger partial charge is 0.291 e. The summed E-state index contributed by atoms with van der Waals surface area (Å²) in [6, 6.07) is 13.5. The number of methoxy groups -OCH3 is 3. The summed E-state index contributed by atoms with van der Waals surface area (Å²) in [7, 11) is 4.48. The lowest BCUT2D eigenvalue weighted by atomic mass is 9.97.